The summed E-state index contributed by atoms with van der Waals surface area (Å²) in [6.45, 7) is 9.10. The molecule has 0 aliphatic carbocycles. The molecule has 1 aromatic carbocycles. The maximum atomic E-state index is 12.9. The molecule has 3 nitrogen and oxygen atoms in total. The van der Waals surface area contributed by atoms with Gasteiger partial charge in [-0.1, -0.05) is 48.8 Å². The van der Waals surface area contributed by atoms with Crippen LogP contribution in [0.4, 0.5) is 0 Å². The van der Waals surface area contributed by atoms with Crippen LogP contribution in [0.15, 0.2) is 28.7 Å². The smallest absolute Gasteiger partial charge is 0.240 e. The van der Waals surface area contributed by atoms with Crippen molar-refractivity contribution in [2.75, 3.05) is 26.3 Å². The van der Waals surface area contributed by atoms with Crippen LogP contribution in [0.1, 0.15) is 31.6 Å². The highest BCUT2D eigenvalue weighted by Gasteiger charge is 2.31. The molecule has 0 spiro atoms. The fourth-order valence-electron chi connectivity index (χ4n) is 2.20. The molecule has 0 aromatic heterocycles. The van der Waals surface area contributed by atoms with E-state index < -0.39 is 0 Å². The van der Waals surface area contributed by atoms with Gasteiger partial charge in [0.15, 0.2) is 0 Å². The van der Waals surface area contributed by atoms with Gasteiger partial charge in [-0.2, -0.15) is 0 Å². The topological polar surface area (TPSA) is 29.5 Å². The molecule has 1 amide bonds. The Morgan fingerprint density at radius 1 is 1.24 bits per heavy atom. The van der Waals surface area contributed by atoms with E-state index in [0.717, 1.165) is 10.0 Å². The lowest BCUT2D eigenvalue weighted by Gasteiger charge is -2.33. The van der Waals surface area contributed by atoms with E-state index in [0.29, 0.717) is 26.3 Å². The number of ether oxygens (including phenoxy) is 1. The van der Waals surface area contributed by atoms with E-state index in [1.165, 1.54) is 0 Å². The third-order valence-corrected chi connectivity index (χ3v) is 5.14. The Bertz CT molecular complexity index is 478. The summed E-state index contributed by atoms with van der Waals surface area (Å²) in [7, 11) is 0. The fourth-order valence-corrected chi connectivity index (χ4v) is 3.72. The van der Waals surface area contributed by atoms with Crippen molar-refractivity contribution in [3.05, 3.63) is 34.3 Å². The van der Waals surface area contributed by atoms with Crippen molar-refractivity contribution < 1.29 is 9.53 Å². The molecule has 0 unspecified atom stereocenters. The molecule has 1 aliphatic rings. The SMILES string of the molecule is CC(C)(C)S[C@H](C(=O)N1CCOCC1)c1ccc(Br)cc1. The normalized spacial score (nSPS) is 17.6. The molecule has 1 atom stereocenters. The highest BCUT2D eigenvalue weighted by molar-refractivity contribution is 9.10. The zero-order valence-electron chi connectivity index (χ0n) is 12.8. The second-order valence-corrected chi connectivity index (χ2v) is 8.95. The first-order chi connectivity index (χ1) is 9.87. The molecular weight excluding hydrogens is 350 g/mol. The molecule has 21 heavy (non-hydrogen) atoms. The lowest BCUT2D eigenvalue weighted by molar-refractivity contribution is -0.134. The van der Waals surface area contributed by atoms with Gasteiger partial charge in [0, 0.05) is 22.3 Å². The lowest BCUT2D eigenvalue weighted by Crippen LogP contribution is -2.43. The number of hydrogen-bond donors (Lipinski definition) is 0. The van der Waals surface area contributed by atoms with Gasteiger partial charge in [0.2, 0.25) is 5.91 Å². The second kappa shape index (κ2) is 7.16. The highest BCUT2D eigenvalue weighted by Crippen LogP contribution is 2.40. The lowest BCUT2D eigenvalue weighted by atomic mass is 10.1. The van der Waals surface area contributed by atoms with Gasteiger partial charge in [0.25, 0.3) is 0 Å². The van der Waals surface area contributed by atoms with Gasteiger partial charge >= 0.3 is 0 Å². The molecule has 0 radical (unpaired) electrons. The summed E-state index contributed by atoms with van der Waals surface area (Å²) in [6, 6.07) is 8.06. The van der Waals surface area contributed by atoms with Crippen LogP contribution in [0, 0.1) is 0 Å². The number of halogens is 1. The molecule has 1 aromatic rings. The van der Waals surface area contributed by atoms with E-state index in [1.54, 1.807) is 11.8 Å². The Morgan fingerprint density at radius 2 is 1.81 bits per heavy atom. The maximum absolute atomic E-state index is 12.9. The molecule has 0 N–H and O–H groups in total. The van der Waals surface area contributed by atoms with Crippen molar-refractivity contribution in [2.45, 2.75) is 30.8 Å². The molecule has 1 saturated heterocycles. The van der Waals surface area contributed by atoms with Crippen LogP contribution in [0.25, 0.3) is 0 Å². The average molecular weight is 372 g/mol. The summed E-state index contributed by atoms with van der Waals surface area (Å²) in [5.41, 5.74) is 1.06. The molecule has 0 saturated carbocycles. The number of carbonyl (C=O) groups is 1. The molecule has 0 bridgehead atoms. The van der Waals surface area contributed by atoms with Crippen LogP contribution in [-0.4, -0.2) is 41.9 Å². The first-order valence-corrected chi connectivity index (χ1v) is 8.84. The Morgan fingerprint density at radius 3 is 2.33 bits per heavy atom. The monoisotopic (exact) mass is 371 g/mol. The van der Waals surface area contributed by atoms with Gasteiger partial charge < -0.3 is 9.64 Å². The summed E-state index contributed by atoms with van der Waals surface area (Å²) in [6.07, 6.45) is 0. The third-order valence-electron chi connectivity index (χ3n) is 3.19. The van der Waals surface area contributed by atoms with Gasteiger partial charge in [0.1, 0.15) is 5.25 Å². The van der Waals surface area contributed by atoms with E-state index in [1.807, 2.05) is 29.2 Å². The van der Waals surface area contributed by atoms with Crippen LogP contribution in [-0.2, 0) is 9.53 Å². The van der Waals surface area contributed by atoms with Crippen molar-refractivity contribution >= 4 is 33.6 Å². The first-order valence-electron chi connectivity index (χ1n) is 7.17. The number of amides is 1. The molecule has 1 fully saturated rings. The minimum absolute atomic E-state index is 0.0275. The van der Waals surface area contributed by atoms with Gasteiger partial charge in [0.05, 0.1) is 13.2 Å². The zero-order chi connectivity index (χ0) is 15.5. The van der Waals surface area contributed by atoms with Crippen molar-refractivity contribution in [2.24, 2.45) is 0 Å². The molecular formula is C16H22BrNO2S. The summed E-state index contributed by atoms with van der Waals surface area (Å²) in [4.78, 5) is 14.8. The summed E-state index contributed by atoms with van der Waals surface area (Å²) in [5.74, 6) is 0.195. The number of morpholine rings is 1. The standard InChI is InChI=1S/C16H22BrNO2S/c1-16(2,3)21-14(12-4-6-13(17)7-5-12)15(19)18-8-10-20-11-9-18/h4-7,14H,8-11H2,1-3H3/t14-/m0/s1. The summed E-state index contributed by atoms with van der Waals surface area (Å²) < 4.78 is 6.40. The van der Waals surface area contributed by atoms with Crippen molar-refractivity contribution in [3.63, 3.8) is 0 Å². The van der Waals surface area contributed by atoms with Gasteiger partial charge in [-0.3, -0.25) is 4.79 Å². The predicted molar refractivity (Wildman–Crippen MR) is 91.6 cm³/mol. The predicted octanol–water partition coefficient (Wildman–Crippen LogP) is 3.88. The molecule has 116 valence electrons. The van der Waals surface area contributed by atoms with Gasteiger partial charge in [-0.05, 0) is 17.7 Å². The average Bonchev–Trinajstić information content (AvgIpc) is 2.45. The van der Waals surface area contributed by atoms with Crippen molar-refractivity contribution in [3.8, 4) is 0 Å². The summed E-state index contributed by atoms with van der Waals surface area (Å²) in [5, 5.41) is -0.156. The minimum Gasteiger partial charge on any atom is -0.378 e. The van der Waals surface area contributed by atoms with Crippen LogP contribution < -0.4 is 0 Å². The largest absolute Gasteiger partial charge is 0.378 e. The second-order valence-electron chi connectivity index (χ2n) is 6.10. The van der Waals surface area contributed by atoms with Crippen LogP contribution in [0.2, 0.25) is 0 Å². The fraction of sp³-hybridized carbons (Fsp3) is 0.562. The Labute approximate surface area is 139 Å². The van der Waals surface area contributed by atoms with Crippen molar-refractivity contribution in [1.29, 1.82) is 0 Å². The quantitative estimate of drug-likeness (QED) is 0.807. The van der Waals surface area contributed by atoms with E-state index in [2.05, 4.69) is 36.7 Å². The van der Waals surface area contributed by atoms with Gasteiger partial charge in [-0.25, -0.2) is 0 Å². The van der Waals surface area contributed by atoms with Gasteiger partial charge in [-0.15, -0.1) is 11.8 Å². The third kappa shape index (κ3) is 5.01. The number of benzene rings is 1. The number of nitrogens with zero attached hydrogens (tertiary/aromatic N) is 1. The van der Waals surface area contributed by atoms with E-state index in [-0.39, 0.29) is 15.9 Å². The van der Waals surface area contributed by atoms with E-state index in [4.69, 9.17) is 4.74 Å². The van der Waals surface area contributed by atoms with Crippen LogP contribution in [0.5, 0.6) is 0 Å². The number of thioether (sulfide) groups is 1. The van der Waals surface area contributed by atoms with Crippen LogP contribution in [0.3, 0.4) is 0 Å². The molecule has 1 heterocycles. The number of rotatable bonds is 3. The first kappa shape index (κ1) is 16.8. The maximum Gasteiger partial charge on any atom is 0.240 e. The molecule has 2 rings (SSSR count). The minimum atomic E-state index is -0.156. The Balaban J connectivity index is 2.22. The number of hydrogen-bond acceptors (Lipinski definition) is 3. The molecule has 1 aliphatic heterocycles. The van der Waals surface area contributed by atoms with Crippen molar-refractivity contribution in [1.82, 2.24) is 4.90 Å². The zero-order valence-corrected chi connectivity index (χ0v) is 15.2. The highest BCUT2D eigenvalue weighted by atomic mass is 79.9. The Hall–Kier alpha value is -0.520. The number of carbonyl (C=O) groups excluding carboxylic acids is 1. The van der Waals surface area contributed by atoms with E-state index in [9.17, 15) is 4.79 Å². The van der Waals surface area contributed by atoms with Crippen LogP contribution >= 0.6 is 27.7 Å². The summed E-state index contributed by atoms with van der Waals surface area (Å²) >= 11 is 5.17. The Kier molecular flexibility index (Phi) is 5.74. The van der Waals surface area contributed by atoms with E-state index >= 15 is 0 Å². The molecule has 5 heteroatoms.